The molecule has 0 aromatic heterocycles. The highest BCUT2D eigenvalue weighted by atomic mass is 16.6. The number of rotatable bonds is 5. The molecular weight excluding hydrogens is 336 g/mol. The first kappa shape index (κ1) is 19.9. The van der Waals surface area contributed by atoms with Crippen molar-refractivity contribution >= 4 is 12.0 Å². The highest BCUT2D eigenvalue weighted by molar-refractivity contribution is 5.85. The van der Waals surface area contributed by atoms with Gasteiger partial charge in [0.2, 0.25) is 0 Å². The predicted octanol–water partition coefficient (Wildman–Crippen LogP) is 3.70. The fraction of sp³-hybridized carbons (Fsp3) is 0.579. The summed E-state index contributed by atoms with van der Waals surface area (Å²) in [5.74, 6) is -0.0330. The standard InChI is InChI=1S/C19H26N2O5/c1-6-25-18(23)21-8-7-14(11-21)15-9-12(2)16(13(3)10-15)26-19(4,5)17(22)20-24/h9-10,14H,6-8,11H2,1-5H3/t14-/m0/s1. The van der Waals surface area contributed by atoms with Crippen LogP contribution in [-0.4, -0.2) is 42.2 Å². The van der Waals surface area contributed by atoms with Crippen molar-refractivity contribution in [3.8, 4) is 5.75 Å². The molecule has 0 spiro atoms. The Balaban J connectivity index is 2.18. The summed E-state index contributed by atoms with van der Waals surface area (Å²) in [7, 11) is 0. The molecule has 1 heterocycles. The normalized spacial score (nSPS) is 17.1. The summed E-state index contributed by atoms with van der Waals surface area (Å²) in [5, 5.41) is 2.47. The summed E-state index contributed by atoms with van der Waals surface area (Å²) in [6.07, 6.45) is 0.599. The molecule has 26 heavy (non-hydrogen) atoms. The lowest BCUT2D eigenvalue weighted by Crippen LogP contribution is -2.37. The zero-order valence-corrected chi connectivity index (χ0v) is 16.0. The highest BCUT2D eigenvalue weighted by Gasteiger charge is 2.33. The second kappa shape index (κ2) is 7.85. The van der Waals surface area contributed by atoms with Crippen molar-refractivity contribution < 1.29 is 19.1 Å². The molecule has 0 radical (unpaired) electrons. The van der Waals surface area contributed by atoms with E-state index < -0.39 is 11.5 Å². The Kier molecular flexibility index (Phi) is 6.00. The van der Waals surface area contributed by atoms with Crippen molar-refractivity contribution in [2.75, 3.05) is 19.7 Å². The van der Waals surface area contributed by atoms with E-state index in [0.717, 1.165) is 23.1 Å². The van der Waals surface area contributed by atoms with E-state index in [-0.39, 0.29) is 12.0 Å². The van der Waals surface area contributed by atoms with E-state index in [1.54, 1.807) is 11.8 Å². The number of nitrogens with zero attached hydrogens (tertiary/aromatic N) is 2. The van der Waals surface area contributed by atoms with Gasteiger partial charge in [-0.15, -0.1) is 4.91 Å². The fourth-order valence-corrected chi connectivity index (χ4v) is 3.20. The van der Waals surface area contributed by atoms with Gasteiger partial charge in [-0.05, 0) is 57.7 Å². The third kappa shape index (κ3) is 4.20. The maximum Gasteiger partial charge on any atom is 0.409 e. The van der Waals surface area contributed by atoms with Crippen molar-refractivity contribution in [3.05, 3.63) is 33.7 Å². The molecule has 2 amide bonds. The molecule has 7 nitrogen and oxygen atoms in total. The first-order valence-corrected chi connectivity index (χ1v) is 8.79. The van der Waals surface area contributed by atoms with Crippen LogP contribution in [0.25, 0.3) is 0 Å². The van der Waals surface area contributed by atoms with Crippen LogP contribution >= 0.6 is 0 Å². The van der Waals surface area contributed by atoms with E-state index >= 15 is 0 Å². The van der Waals surface area contributed by atoms with Gasteiger partial charge in [-0.1, -0.05) is 12.1 Å². The second-order valence-corrected chi connectivity index (χ2v) is 7.12. The van der Waals surface area contributed by atoms with Crippen LogP contribution in [0.5, 0.6) is 5.75 Å². The Morgan fingerprint density at radius 1 is 1.27 bits per heavy atom. The van der Waals surface area contributed by atoms with Crippen molar-refractivity contribution in [3.63, 3.8) is 0 Å². The van der Waals surface area contributed by atoms with Gasteiger partial charge in [0.25, 0.3) is 0 Å². The van der Waals surface area contributed by atoms with Crippen LogP contribution in [0, 0.1) is 18.8 Å². The van der Waals surface area contributed by atoms with E-state index in [1.165, 1.54) is 13.8 Å². The number of likely N-dealkylation sites (tertiary alicyclic amines) is 1. The summed E-state index contributed by atoms with van der Waals surface area (Å²) >= 11 is 0. The summed E-state index contributed by atoms with van der Waals surface area (Å²) in [6.45, 7) is 10.3. The number of hydrogen-bond acceptors (Lipinski definition) is 5. The summed E-state index contributed by atoms with van der Waals surface area (Å²) < 4.78 is 10.9. The smallest absolute Gasteiger partial charge is 0.409 e. The topological polar surface area (TPSA) is 85.3 Å². The Morgan fingerprint density at radius 3 is 2.42 bits per heavy atom. The zero-order chi connectivity index (χ0) is 19.5. The summed E-state index contributed by atoms with van der Waals surface area (Å²) in [4.78, 5) is 35.8. The van der Waals surface area contributed by atoms with Gasteiger partial charge in [0.05, 0.1) is 6.61 Å². The lowest BCUT2D eigenvalue weighted by Gasteiger charge is -2.25. The molecule has 1 atom stereocenters. The number of carbonyl (C=O) groups excluding carboxylic acids is 2. The number of nitroso groups, excluding NO2 is 1. The lowest BCUT2D eigenvalue weighted by atomic mass is 9.94. The first-order valence-electron chi connectivity index (χ1n) is 8.79. The number of aryl methyl sites for hydroxylation is 2. The minimum atomic E-state index is -1.31. The van der Waals surface area contributed by atoms with E-state index in [0.29, 0.717) is 25.4 Å². The van der Waals surface area contributed by atoms with Crippen LogP contribution in [-0.2, 0) is 9.53 Å². The van der Waals surface area contributed by atoms with Gasteiger partial charge in [0.15, 0.2) is 5.60 Å². The van der Waals surface area contributed by atoms with Gasteiger partial charge in [0.1, 0.15) is 5.75 Å². The number of hydrogen-bond donors (Lipinski definition) is 0. The van der Waals surface area contributed by atoms with Gasteiger partial charge in [-0.2, -0.15) is 0 Å². The first-order chi connectivity index (χ1) is 12.2. The van der Waals surface area contributed by atoms with Crippen LogP contribution in [0.15, 0.2) is 17.3 Å². The SMILES string of the molecule is CCOC(=O)N1CC[C@H](c2cc(C)c(OC(C)(C)C(=O)N=O)c(C)c2)C1. The van der Waals surface area contributed by atoms with Crippen molar-refractivity contribution in [2.45, 2.75) is 52.6 Å². The largest absolute Gasteiger partial charge is 0.477 e. The molecule has 1 saturated heterocycles. The van der Waals surface area contributed by atoms with Crippen molar-refractivity contribution in [1.82, 2.24) is 4.90 Å². The molecule has 1 aromatic rings. The minimum Gasteiger partial charge on any atom is -0.477 e. The average molecular weight is 362 g/mol. The zero-order valence-electron chi connectivity index (χ0n) is 16.0. The van der Waals surface area contributed by atoms with Crippen molar-refractivity contribution in [1.29, 1.82) is 0 Å². The number of ether oxygens (including phenoxy) is 2. The van der Waals surface area contributed by atoms with Crippen LogP contribution in [0.1, 0.15) is 49.8 Å². The average Bonchev–Trinajstić information content (AvgIpc) is 3.07. The molecule has 142 valence electrons. The molecule has 1 aliphatic heterocycles. The monoisotopic (exact) mass is 362 g/mol. The molecule has 1 aliphatic rings. The lowest BCUT2D eigenvalue weighted by molar-refractivity contribution is -0.130. The van der Waals surface area contributed by atoms with Gasteiger partial charge in [-0.25, -0.2) is 4.79 Å². The second-order valence-electron chi connectivity index (χ2n) is 7.12. The summed E-state index contributed by atoms with van der Waals surface area (Å²) in [5.41, 5.74) is 1.56. The Hall–Kier alpha value is -2.44. The number of benzene rings is 1. The number of carbonyl (C=O) groups is 2. The molecule has 0 N–H and O–H groups in total. The molecule has 0 unspecified atom stereocenters. The van der Waals surface area contributed by atoms with E-state index in [2.05, 4.69) is 5.18 Å². The minimum absolute atomic E-state index is 0.233. The van der Waals surface area contributed by atoms with Crippen LogP contribution in [0.4, 0.5) is 4.79 Å². The molecule has 1 fully saturated rings. The quantitative estimate of drug-likeness (QED) is 0.746. The highest BCUT2D eigenvalue weighted by Crippen LogP contribution is 2.34. The maximum absolute atomic E-state index is 11.9. The molecule has 0 bridgehead atoms. The molecule has 0 aliphatic carbocycles. The van der Waals surface area contributed by atoms with E-state index in [1.807, 2.05) is 26.0 Å². The van der Waals surface area contributed by atoms with E-state index in [4.69, 9.17) is 9.47 Å². The Labute approximate surface area is 153 Å². The summed E-state index contributed by atoms with van der Waals surface area (Å²) in [6, 6.07) is 4.02. The molecule has 2 rings (SSSR count). The maximum atomic E-state index is 11.9. The Morgan fingerprint density at radius 2 is 1.88 bits per heavy atom. The van der Waals surface area contributed by atoms with Gasteiger partial charge >= 0.3 is 12.0 Å². The number of amides is 2. The van der Waals surface area contributed by atoms with E-state index in [9.17, 15) is 14.5 Å². The van der Waals surface area contributed by atoms with Gasteiger partial charge < -0.3 is 14.4 Å². The van der Waals surface area contributed by atoms with Gasteiger partial charge in [0, 0.05) is 24.2 Å². The third-order valence-electron chi connectivity index (χ3n) is 4.62. The molecule has 1 aromatic carbocycles. The molecular formula is C19H26N2O5. The van der Waals surface area contributed by atoms with Crippen LogP contribution < -0.4 is 4.74 Å². The van der Waals surface area contributed by atoms with Crippen LogP contribution in [0.3, 0.4) is 0 Å². The molecule has 7 heteroatoms. The third-order valence-corrected chi connectivity index (χ3v) is 4.62. The van der Waals surface area contributed by atoms with Crippen LogP contribution in [0.2, 0.25) is 0 Å². The Bertz CT molecular complexity index is 691. The van der Waals surface area contributed by atoms with Crippen molar-refractivity contribution in [2.24, 2.45) is 5.18 Å². The molecule has 0 saturated carbocycles. The fourth-order valence-electron chi connectivity index (χ4n) is 3.20. The predicted molar refractivity (Wildman–Crippen MR) is 97.4 cm³/mol. The van der Waals surface area contributed by atoms with Gasteiger partial charge in [-0.3, -0.25) is 4.79 Å².